The summed E-state index contributed by atoms with van der Waals surface area (Å²) in [7, 11) is 0. The molecule has 3 heteroatoms. The maximum Gasteiger partial charge on any atom is 0.311 e. The summed E-state index contributed by atoms with van der Waals surface area (Å²) in [6, 6.07) is 0. The van der Waals surface area contributed by atoms with Crippen molar-refractivity contribution in [2.45, 2.75) is 40.0 Å². The van der Waals surface area contributed by atoms with Crippen LogP contribution in [-0.4, -0.2) is 11.8 Å². The van der Waals surface area contributed by atoms with Gasteiger partial charge < -0.3 is 4.74 Å². The number of esters is 1. The first-order chi connectivity index (χ1) is 6.50. The maximum atomic E-state index is 11.3. The predicted molar refractivity (Wildman–Crippen MR) is 52.5 cm³/mol. The van der Waals surface area contributed by atoms with Crippen LogP contribution >= 0.6 is 0 Å². The lowest BCUT2D eigenvalue weighted by Gasteiger charge is -2.06. The second kappa shape index (κ2) is 4.40. The SMILES string of the molecule is CC1=C(OC(=O)CC(C)C)C(=O)CC1. The third kappa shape index (κ3) is 2.69. The first kappa shape index (κ1) is 11.0. The third-order valence-corrected chi connectivity index (χ3v) is 2.16. The summed E-state index contributed by atoms with van der Waals surface area (Å²) < 4.78 is 5.04. The number of allylic oxidation sites excluding steroid dienone is 2. The Balaban J connectivity index is 2.56. The molecule has 0 aromatic carbocycles. The smallest absolute Gasteiger partial charge is 0.311 e. The van der Waals surface area contributed by atoms with Gasteiger partial charge in [-0.25, -0.2) is 0 Å². The Morgan fingerprint density at radius 2 is 2.07 bits per heavy atom. The quantitative estimate of drug-likeness (QED) is 0.650. The van der Waals surface area contributed by atoms with Crippen molar-refractivity contribution in [3.8, 4) is 0 Å². The highest BCUT2D eigenvalue weighted by molar-refractivity contribution is 5.98. The molecule has 0 atom stereocenters. The molecule has 78 valence electrons. The summed E-state index contributed by atoms with van der Waals surface area (Å²) in [5.74, 6) is 0.208. The average molecular weight is 196 g/mol. The van der Waals surface area contributed by atoms with Gasteiger partial charge in [0.1, 0.15) is 0 Å². The Morgan fingerprint density at radius 1 is 1.43 bits per heavy atom. The van der Waals surface area contributed by atoms with Gasteiger partial charge in [-0.1, -0.05) is 13.8 Å². The van der Waals surface area contributed by atoms with Crippen LogP contribution in [0.5, 0.6) is 0 Å². The molecule has 0 aliphatic heterocycles. The van der Waals surface area contributed by atoms with Gasteiger partial charge in [-0.3, -0.25) is 9.59 Å². The number of rotatable bonds is 3. The van der Waals surface area contributed by atoms with E-state index in [1.807, 2.05) is 20.8 Å². The van der Waals surface area contributed by atoms with Gasteiger partial charge in [0.25, 0.3) is 0 Å². The fraction of sp³-hybridized carbons (Fsp3) is 0.636. The molecular formula is C11H16O3. The molecule has 0 N–H and O–H groups in total. The normalized spacial score (nSPS) is 16.7. The van der Waals surface area contributed by atoms with Crippen LogP contribution < -0.4 is 0 Å². The van der Waals surface area contributed by atoms with Gasteiger partial charge in [-0.15, -0.1) is 0 Å². The van der Waals surface area contributed by atoms with Crippen LogP contribution in [0.15, 0.2) is 11.3 Å². The fourth-order valence-corrected chi connectivity index (χ4v) is 1.40. The van der Waals surface area contributed by atoms with Crippen molar-refractivity contribution in [2.24, 2.45) is 5.92 Å². The molecule has 0 amide bonds. The van der Waals surface area contributed by atoms with Crippen molar-refractivity contribution >= 4 is 11.8 Å². The van der Waals surface area contributed by atoms with Gasteiger partial charge in [0.15, 0.2) is 11.5 Å². The number of ether oxygens (including phenoxy) is 1. The van der Waals surface area contributed by atoms with E-state index in [1.165, 1.54) is 0 Å². The summed E-state index contributed by atoms with van der Waals surface area (Å²) in [4.78, 5) is 22.6. The lowest BCUT2D eigenvalue weighted by Crippen LogP contribution is -2.11. The van der Waals surface area contributed by atoms with E-state index < -0.39 is 0 Å². The Morgan fingerprint density at radius 3 is 2.50 bits per heavy atom. The summed E-state index contributed by atoms with van der Waals surface area (Å²) >= 11 is 0. The molecule has 14 heavy (non-hydrogen) atoms. The molecule has 0 radical (unpaired) electrons. The molecule has 0 spiro atoms. The van der Waals surface area contributed by atoms with E-state index in [0.717, 1.165) is 12.0 Å². The maximum absolute atomic E-state index is 11.3. The molecule has 0 saturated heterocycles. The molecule has 0 saturated carbocycles. The third-order valence-electron chi connectivity index (χ3n) is 2.16. The highest BCUT2D eigenvalue weighted by Crippen LogP contribution is 2.23. The van der Waals surface area contributed by atoms with Gasteiger partial charge in [0.2, 0.25) is 0 Å². The van der Waals surface area contributed by atoms with E-state index in [1.54, 1.807) is 0 Å². The topological polar surface area (TPSA) is 43.4 Å². The number of ketones is 1. The summed E-state index contributed by atoms with van der Waals surface area (Å²) in [6.45, 7) is 5.72. The van der Waals surface area contributed by atoms with Crippen LogP contribution in [0.25, 0.3) is 0 Å². The lowest BCUT2D eigenvalue weighted by atomic mass is 10.1. The highest BCUT2D eigenvalue weighted by atomic mass is 16.5. The van der Waals surface area contributed by atoms with Crippen LogP contribution in [0.3, 0.4) is 0 Å². The number of carbonyl (C=O) groups excluding carboxylic acids is 2. The van der Waals surface area contributed by atoms with Gasteiger partial charge in [-0.2, -0.15) is 0 Å². The standard InChI is InChI=1S/C11H16O3/c1-7(2)6-10(13)14-11-8(3)4-5-9(11)12/h7H,4-6H2,1-3H3. The largest absolute Gasteiger partial charge is 0.423 e. The molecule has 1 aliphatic rings. The molecule has 0 aromatic heterocycles. The van der Waals surface area contributed by atoms with Crippen LogP contribution in [0.4, 0.5) is 0 Å². The van der Waals surface area contributed by atoms with Crippen LogP contribution in [0, 0.1) is 5.92 Å². The van der Waals surface area contributed by atoms with Crippen LogP contribution in [0.1, 0.15) is 40.0 Å². The molecule has 0 fully saturated rings. The predicted octanol–water partition coefficient (Wildman–Crippen LogP) is 2.21. The van der Waals surface area contributed by atoms with E-state index in [2.05, 4.69) is 0 Å². The van der Waals surface area contributed by atoms with Crippen molar-refractivity contribution in [1.29, 1.82) is 0 Å². The van der Waals surface area contributed by atoms with Gasteiger partial charge in [0, 0.05) is 12.8 Å². The Bertz CT molecular complexity index is 287. The van der Waals surface area contributed by atoms with Crippen molar-refractivity contribution in [1.82, 2.24) is 0 Å². The molecule has 0 aromatic rings. The Labute approximate surface area is 84.1 Å². The minimum Gasteiger partial charge on any atom is -0.423 e. The Hall–Kier alpha value is -1.12. The second-order valence-corrected chi connectivity index (χ2v) is 4.10. The van der Waals surface area contributed by atoms with Gasteiger partial charge in [0.05, 0.1) is 0 Å². The molecule has 0 bridgehead atoms. The van der Waals surface area contributed by atoms with E-state index in [0.29, 0.717) is 12.8 Å². The minimum atomic E-state index is -0.301. The first-order valence-corrected chi connectivity index (χ1v) is 4.94. The van der Waals surface area contributed by atoms with Gasteiger partial charge >= 0.3 is 5.97 Å². The number of Topliss-reactive ketones (excluding diaryl/α,β-unsaturated/α-hetero) is 1. The first-order valence-electron chi connectivity index (χ1n) is 4.94. The molecule has 0 unspecified atom stereocenters. The molecule has 1 aliphatic carbocycles. The zero-order valence-corrected chi connectivity index (χ0v) is 8.92. The van der Waals surface area contributed by atoms with E-state index in [4.69, 9.17) is 4.74 Å². The van der Waals surface area contributed by atoms with Crippen molar-refractivity contribution < 1.29 is 14.3 Å². The zero-order valence-electron chi connectivity index (χ0n) is 8.92. The monoisotopic (exact) mass is 196 g/mol. The average Bonchev–Trinajstić information content (AvgIpc) is 2.34. The minimum absolute atomic E-state index is 0.0420. The van der Waals surface area contributed by atoms with E-state index in [9.17, 15) is 9.59 Å². The zero-order chi connectivity index (χ0) is 10.7. The second-order valence-electron chi connectivity index (χ2n) is 4.10. The molecule has 1 rings (SSSR count). The number of hydrogen-bond acceptors (Lipinski definition) is 3. The van der Waals surface area contributed by atoms with Gasteiger partial charge in [-0.05, 0) is 24.8 Å². The number of hydrogen-bond donors (Lipinski definition) is 0. The summed E-state index contributed by atoms with van der Waals surface area (Å²) in [6.07, 6.45) is 1.57. The Kier molecular flexibility index (Phi) is 3.44. The molecular weight excluding hydrogens is 180 g/mol. The lowest BCUT2D eigenvalue weighted by molar-refractivity contribution is -0.143. The van der Waals surface area contributed by atoms with Crippen molar-refractivity contribution in [2.75, 3.05) is 0 Å². The summed E-state index contributed by atoms with van der Waals surface area (Å²) in [5.41, 5.74) is 0.895. The van der Waals surface area contributed by atoms with Crippen molar-refractivity contribution in [3.05, 3.63) is 11.3 Å². The van der Waals surface area contributed by atoms with Crippen molar-refractivity contribution in [3.63, 3.8) is 0 Å². The number of carbonyl (C=O) groups is 2. The molecule has 0 heterocycles. The van der Waals surface area contributed by atoms with Crippen LogP contribution in [0.2, 0.25) is 0 Å². The molecule has 3 nitrogen and oxygen atoms in total. The van der Waals surface area contributed by atoms with Crippen LogP contribution in [-0.2, 0) is 14.3 Å². The van der Waals surface area contributed by atoms with E-state index in [-0.39, 0.29) is 23.4 Å². The highest BCUT2D eigenvalue weighted by Gasteiger charge is 2.24. The summed E-state index contributed by atoms with van der Waals surface area (Å²) in [5, 5.41) is 0. The van der Waals surface area contributed by atoms with E-state index >= 15 is 0 Å². The fourth-order valence-electron chi connectivity index (χ4n) is 1.40.